The minimum atomic E-state index is -0.670. The third kappa shape index (κ3) is 6.30. The molecule has 0 radical (unpaired) electrons. The van der Waals surface area contributed by atoms with Crippen LogP contribution in [-0.2, 0) is 16.1 Å². The Morgan fingerprint density at radius 3 is 2.71 bits per heavy atom. The summed E-state index contributed by atoms with van der Waals surface area (Å²) in [6.45, 7) is 0.437. The maximum Gasteiger partial charge on any atom is 0.374 e. The number of nitrogens with one attached hydrogen (secondary N) is 1. The van der Waals surface area contributed by atoms with Crippen molar-refractivity contribution in [2.75, 3.05) is 13.2 Å². The quantitative estimate of drug-likeness (QED) is 0.523. The molecule has 1 aromatic heterocycles. The van der Waals surface area contributed by atoms with Gasteiger partial charge in [0.25, 0.3) is 5.91 Å². The number of amides is 1. The number of esters is 1. The minimum Gasteiger partial charge on any atom is -0.486 e. The fourth-order valence-corrected chi connectivity index (χ4v) is 2.98. The summed E-state index contributed by atoms with van der Waals surface area (Å²) in [6.07, 6.45) is 7.81. The van der Waals surface area contributed by atoms with Crippen LogP contribution in [0.2, 0.25) is 0 Å². The molecule has 0 unspecified atom stereocenters. The number of carbonyl (C=O) groups excluding carboxylic acids is 2. The molecule has 1 aromatic carbocycles. The van der Waals surface area contributed by atoms with Crippen LogP contribution < -0.4 is 10.1 Å². The first kappa shape index (κ1) is 19.7. The Labute approximate surface area is 164 Å². The van der Waals surface area contributed by atoms with Crippen molar-refractivity contribution in [2.24, 2.45) is 0 Å². The predicted octanol–water partition coefficient (Wildman–Crippen LogP) is 4.02. The zero-order valence-electron chi connectivity index (χ0n) is 15.8. The number of hydrogen-bond donors (Lipinski definition) is 1. The predicted molar refractivity (Wildman–Crippen MR) is 104 cm³/mol. The fraction of sp³-hybridized carbons (Fsp3) is 0.364. The van der Waals surface area contributed by atoms with Crippen molar-refractivity contribution in [3.8, 4) is 5.75 Å². The van der Waals surface area contributed by atoms with Crippen LogP contribution in [-0.4, -0.2) is 25.0 Å². The van der Waals surface area contributed by atoms with Crippen molar-refractivity contribution in [1.29, 1.82) is 0 Å². The molecule has 0 fully saturated rings. The van der Waals surface area contributed by atoms with Crippen LogP contribution >= 0.6 is 0 Å². The molecule has 6 nitrogen and oxygen atoms in total. The van der Waals surface area contributed by atoms with Crippen molar-refractivity contribution < 1.29 is 23.5 Å². The van der Waals surface area contributed by atoms with Gasteiger partial charge in [-0.25, -0.2) is 4.79 Å². The van der Waals surface area contributed by atoms with E-state index in [0.717, 1.165) is 19.3 Å². The van der Waals surface area contributed by atoms with E-state index in [1.54, 1.807) is 6.07 Å². The molecule has 1 amide bonds. The molecule has 0 saturated heterocycles. The van der Waals surface area contributed by atoms with E-state index < -0.39 is 5.97 Å². The van der Waals surface area contributed by atoms with Gasteiger partial charge >= 0.3 is 5.97 Å². The van der Waals surface area contributed by atoms with Gasteiger partial charge in [0.15, 0.2) is 6.61 Å². The van der Waals surface area contributed by atoms with Gasteiger partial charge in [-0.05, 0) is 56.4 Å². The Balaban J connectivity index is 1.35. The second-order valence-corrected chi connectivity index (χ2v) is 6.65. The highest BCUT2D eigenvalue weighted by molar-refractivity contribution is 5.88. The molecule has 1 N–H and O–H groups in total. The first-order chi connectivity index (χ1) is 13.7. The summed E-state index contributed by atoms with van der Waals surface area (Å²) in [5.41, 5.74) is 1.39. The van der Waals surface area contributed by atoms with Crippen LogP contribution in [0.15, 0.2) is 58.5 Å². The molecule has 0 saturated carbocycles. The topological polar surface area (TPSA) is 77.8 Å². The lowest BCUT2D eigenvalue weighted by Crippen LogP contribution is -2.29. The van der Waals surface area contributed by atoms with E-state index >= 15 is 0 Å². The van der Waals surface area contributed by atoms with Gasteiger partial charge < -0.3 is 19.2 Å². The number of furan rings is 1. The van der Waals surface area contributed by atoms with E-state index in [0.29, 0.717) is 18.1 Å². The van der Waals surface area contributed by atoms with E-state index in [4.69, 9.17) is 13.9 Å². The summed E-state index contributed by atoms with van der Waals surface area (Å²) < 4.78 is 16.0. The number of benzene rings is 1. The van der Waals surface area contributed by atoms with E-state index in [2.05, 4.69) is 11.4 Å². The standard InChI is InChI=1S/C22H25NO5/c24-21(23-14-13-17-7-3-1-4-8-17)16-27-22(25)20-12-11-19(28-20)15-26-18-9-5-2-6-10-18/h2,5-7,9-12H,1,3-4,8,13-16H2,(H,23,24). The Bertz CT molecular complexity index is 809. The molecule has 6 heteroatoms. The molecule has 0 atom stereocenters. The molecule has 0 aliphatic heterocycles. The second kappa shape index (κ2) is 10.3. The zero-order chi connectivity index (χ0) is 19.6. The van der Waals surface area contributed by atoms with Gasteiger partial charge in [0.2, 0.25) is 5.76 Å². The smallest absolute Gasteiger partial charge is 0.374 e. The average molecular weight is 383 g/mol. The number of allylic oxidation sites excluding steroid dienone is 1. The Kier molecular flexibility index (Phi) is 7.29. The molecule has 2 aromatic rings. The number of carbonyl (C=O) groups is 2. The molecular weight excluding hydrogens is 358 g/mol. The van der Waals surface area contributed by atoms with Crippen molar-refractivity contribution in [2.45, 2.75) is 38.7 Å². The SMILES string of the molecule is O=C(COC(=O)c1ccc(COc2ccccc2)o1)NCCC1=CCCCC1. The maximum absolute atomic E-state index is 12.0. The normalized spacial score (nSPS) is 13.5. The monoisotopic (exact) mass is 383 g/mol. The Hall–Kier alpha value is -3.02. The molecule has 1 aliphatic carbocycles. The largest absolute Gasteiger partial charge is 0.486 e. The first-order valence-corrected chi connectivity index (χ1v) is 9.59. The van der Waals surface area contributed by atoms with E-state index in [9.17, 15) is 9.59 Å². The minimum absolute atomic E-state index is 0.0480. The van der Waals surface area contributed by atoms with Crippen molar-refractivity contribution in [3.05, 3.63) is 65.6 Å². The molecule has 0 spiro atoms. The Morgan fingerprint density at radius 2 is 1.93 bits per heavy atom. The lowest BCUT2D eigenvalue weighted by molar-refractivity contribution is -0.124. The maximum atomic E-state index is 12.0. The van der Waals surface area contributed by atoms with Gasteiger partial charge in [0, 0.05) is 6.54 Å². The highest BCUT2D eigenvalue weighted by Gasteiger charge is 2.15. The van der Waals surface area contributed by atoms with Gasteiger partial charge in [-0.2, -0.15) is 0 Å². The number of ether oxygens (including phenoxy) is 2. The van der Waals surface area contributed by atoms with E-state index in [1.165, 1.54) is 24.5 Å². The van der Waals surface area contributed by atoms with Crippen LogP contribution in [0.3, 0.4) is 0 Å². The molecule has 148 valence electrons. The van der Waals surface area contributed by atoms with E-state index in [-0.39, 0.29) is 24.9 Å². The number of rotatable bonds is 9. The molecule has 1 heterocycles. The zero-order valence-corrected chi connectivity index (χ0v) is 15.8. The summed E-state index contributed by atoms with van der Waals surface area (Å²) in [5.74, 6) is 0.275. The number of hydrogen-bond acceptors (Lipinski definition) is 5. The molecule has 28 heavy (non-hydrogen) atoms. The lowest BCUT2D eigenvalue weighted by Gasteiger charge is -2.12. The molecule has 1 aliphatic rings. The third-order valence-corrected chi connectivity index (χ3v) is 4.47. The van der Waals surface area contributed by atoms with Crippen molar-refractivity contribution >= 4 is 11.9 Å². The highest BCUT2D eigenvalue weighted by Crippen LogP contribution is 2.19. The van der Waals surface area contributed by atoms with Crippen LogP contribution in [0.1, 0.15) is 48.4 Å². The van der Waals surface area contributed by atoms with Gasteiger partial charge in [0.05, 0.1) is 0 Å². The summed E-state index contributed by atoms with van der Waals surface area (Å²) in [7, 11) is 0. The van der Waals surface area contributed by atoms with Crippen LogP contribution in [0, 0.1) is 0 Å². The molecule has 3 rings (SSSR count). The van der Waals surface area contributed by atoms with E-state index in [1.807, 2.05) is 30.3 Å². The van der Waals surface area contributed by atoms with Gasteiger partial charge in [-0.3, -0.25) is 4.79 Å². The summed E-state index contributed by atoms with van der Waals surface area (Å²) in [4.78, 5) is 23.8. The molecular formula is C22H25NO5. The summed E-state index contributed by atoms with van der Waals surface area (Å²) in [5, 5.41) is 2.77. The average Bonchev–Trinajstić information content (AvgIpc) is 3.21. The number of para-hydroxylation sites is 1. The third-order valence-electron chi connectivity index (χ3n) is 4.47. The van der Waals surface area contributed by atoms with Crippen molar-refractivity contribution in [3.63, 3.8) is 0 Å². The van der Waals surface area contributed by atoms with Crippen LogP contribution in [0.5, 0.6) is 5.75 Å². The fourth-order valence-electron chi connectivity index (χ4n) is 2.98. The van der Waals surface area contributed by atoms with Crippen LogP contribution in [0.4, 0.5) is 0 Å². The first-order valence-electron chi connectivity index (χ1n) is 9.59. The van der Waals surface area contributed by atoms with Gasteiger partial charge in [-0.15, -0.1) is 0 Å². The van der Waals surface area contributed by atoms with Gasteiger partial charge in [0.1, 0.15) is 18.1 Å². The highest BCUT2D eigenvalue weighted by atomic mass is 16.6. The second-order valence-electron chi connectivity index (χ2n) is 6.65. The van der Waals surface area contributed by atoms with Crippen molar-refractivity contribution in [1.82, 2.24) is 5.32 Å². The van der Waals surface area contributed by atoms with Gasteiger partial charge in [-0.1, -0.05) is 29.8 Å². The lowest BCUT2D eigenvalue weighted by atomic mass is 9.97. The Morgan fingerprint density at radius 1 is 1.07 bits per heavy atom. The van der Waals surface area contributed by atoms with Crippen LogP contribution in [0.25, 0.3) is 0 Å². The summed E-state index contributed by atoms with van der Waals surface area (Å²) >= 11 is 0. The summed E-state index contributed by atoms with van der Waals surface area (Å²) in [6, 6.07) is 12.5. The molecule has 0 bridgehead atoms.